The first-order valence-electron chi connectivity index (χ1n) is 6.57. The lowest BCUT2D eigenvalue weighted by Gasteiger charge is -2.13. The number of hydrogen-bond donors (Lipinski definition) is 1. The number of nitrogens with zero attached hydrogens (tertiary/aromatic N) is 1. The monoisotopic (exact) mass is 282 g/mol. The van der Waals surface area contributed by atoms with Crippen molar-refractivity contribution in [1.29, 1.82) is 0 Å². The summed E-state index contributed by atoms with van der Waals surface area (Å²) >= 11 is 3.76. The molecule has 2 heterocycles. The van der Waals surface area contributed by atoms with Gasteiger partial charge < -0.3 is 5.32 Å². The molecule has 0 radical (unpaired) electrons. The lowest BCUT2D eigenvalue weighted by atomic mass is 10.1. The van der Waals surface area contributed by atoms with E-state index in [4.69, 9.17) is 4.99 Å². The Balaban J connectivity index is 1.85. The van der Waals surface area contributed by atoms with E-state index in [-0.39, 0.29) is 0 Å². The van der Waals surface area contributed by atoms with Crippen molar-refractivity contribution < 1.29 is 0 Å². The SMILES string of the molecule is Cc1ccc(CC(C)NC2=NC(C(C)C)CS2)s1. The molecule has 1 aromatic rings. The van der Waals surface area contributed by atoms with Crippen LogP contribution in [0, 0.1) is 12.8 Å². The zero-order chi connectivity index (χ0) is 13.1. The third kappa shape index (κ3) is 3.75. The Hall–Kier alpha value is -0.480. The van der Waals surface area contributed by atoms with E-state index in [2.05, 4.69) is 45.1 Å². The second kappa shape index (κ2) is 6.11. The Morgan fingerprint density at radius 2 is 2.17 bits per heavy atom. The fourth-order valence-electron chi connectivity index (χ4n) is 1.97. The second-order valence-electron chi connectivity index (χ2n) is 5.32. The van der Waals surface area contributed by atoms with Crippen LogP contribution >= 0.6 is 23.1 Å². The Bertz CT molecular complexity index is 423. The predicted octanol–water partition coefficient (Wildman–Crippen LogP) is 3.70. The molecule has 18 heavy (non-hydrogen) atoms. The van der Waals surface area contributed by atoms with E-state index < -0.39 is 0 Å². The van der Waals surface area contributed by atoms with Crippen molar-refractivity contribution in [3.63, 3.8) is 0 Å². The van der Waals surface area contributed by atoms with Crippen LogP contribution in [-0.2, 0) is 6.42 Å². The Labute approximate surface area is 118 Å². The second-order valence-corrected chi connectivity index (χ2v) is 7.70. The summed E-state index contributed by atoms with van der Waals surface area (Å²) in [6, 6.07) is 5.39. The van der Waals surface area contributed by atoms with Crippen LogP contribution in [0.15, 0.2) is 17.1 Å². The van der Waals surface area contributed by atoms with Gasteiger partial charge in [-0.3, -0.25) is 4.99 Å². The molecule has 0 spiro atoms. The summed E-state index contributed by atoms with van der Waals surface area (Å²) in [4.78, 5) is 7.59. The summed E-state index contributed by atoms with van der Waals surface area (Å²) in [6.45, 7) is 8.89. The van der Waals surface area contributed by atoms with Gasteiger partial charge in [-0.15, -0.1) is 11.3 Å². The van der Waals surface area contributed by atoms with Crippen LogP contribution in [0.5, 0.6) is 0 Å². The third-order valence-electron chi connectivity index (χ3n) is 3.12. The van der Waals surface area contributed by atoms with Crippen molar-refractivity contribution in [2.45, 2.75) is 46.2 Å². The Kier molecular flexibility index (Phi) is 4.73. The summed E-state index contributed by atoms with van der Waals surface area (Å²) in [5.41, 5.74) is 0. The highest BCUT2D eigenvalue weighted by molar-refractivity contribution is 8.14. The van der Waals surface area contributed by atoms with E-state index in [0.29, 0.717) is 18.0 Å². The van der Waals surface area contributed by atoms with Gasteiger partial charge in [0.25, 0.3) is 0 Å². The van der Waals surface area contributed by atoms with E-state index in [9.17, 15) is 0 Å². The highest BCUT2D eigenvalue weighted by atomic mass is 32.2. The van der Waals surface area contributed by atoms with Crippen molar-refractivity contribution in [2.75, 3.05) is 5.75 Å². The van der Waals surface area contributed by atoms with E-state index in [1.54, 1.807) is 0 Å². The van der Waals surface area contributed by atoms with Crippen LogP contribution in [0.1, 0.15) is 30.5 Å². The number of hydrogen-bond acceptors (Lipinski definition) is 4. The fraction of sp³-hybridized carbons (Fsp3) is 0.643. The first kappa shape index (κ1) is 13.9. The molecule has 0 bridgehead atoms. The van der Waals surface area contributed by atoms with E-state index in [1.165, 1.54) is 9.75 Å². The molecule has 0 amide bonds. The van der Waals surface area contributed by atoms with Crippen molar-refractivity contribution >= 4 is 28.3 Å². The van der Waals surface area contributed by atoms with E-state index in [0.717, 1.165) is 17.3 Å². The molecular weight excluding hydrogens is 260 g/mol. The van der Waals surface area contributed by atoms with Gasteiger partial charge in [-0.2, -0.15) is 0 Å². The van der Waals surface area contributed by atoms with Gasteiger partial charge in [0.05, 0.1) is 6.04 Å². The largest absolute Gasteiger partial charge is 0.362 e. The Morgan fingerprint density at radius 3 is 2.72 bits per heavy atom. The summed E-state index contributed by atoms with van der Waals surface area (Å²) in [7, 11) is 0. The van der Waals surface area contributed by atoms with Crippen molar-refractivity contribution in [2.24, 2.45) is 10.9 Å². The average molecular weight is 282 g/mol. The van der Waals surface area contributed by atoms with Gasteiger partial charge in [0.2, 0.25) is 0 Å². The topological polar surface area (TPSA) is 24.4 Å². The number of aryl methyl sites for hydroxylation is 1. The standard InChI is InChI=1S/C14H22N2S2/c1-9(2)13-8-17-14(16-13)15-10(3)7-12-6-5-11(4)18-12/h5-6,9-10,13H,7-8H2,1-4H3,(H,15,16). The smallest absolute Gasteiger partial charge is 0.157 e. The first-order chi connectivity index (χ1) is 8.54. The number of nitrogens with one attached hydrogen (secondary N) is 1. The van der Waals surface area contributed by atoms with Gasteiger partial charge in [-0.1, -0.05) is 25.6 Å². The quantitative estimate of drug-likeness (QED) is 0.910. The summed E-state index contributed by atoms with van der Waals surface area (Å²) < 4.78 is 0. The Morgan fingerprint density at radius 1 is 1.39 bits per heavy atom. The fourth-order valence-corrected chi connectivity index (χ4v) is 4.27. The van der Waals surface area contributed by atoms with Crippen LogP contribution in [0.3, 0.4) is 0 Å². The summed E-state index contributed by atoms with van der Waals surface area (Å²) in [6.07, 6.45) is 1.09. The average Bonchev–Trinajstić information content (AvgIpc) is 2.88. The lowest BCUT2D eigenvalue weighted by Crippen LogP contribution is -2.31. The molecular formula is C14H22N2S2. The summed E-state index contributed by atoms with van der Waals surface area (Å²) in [5.74, 6) is 1.78. The molecule has 0 aromatic carbocycles. The number of thioether (sulfide) groups is 1. The molecule has 1 aliphatic rings. The van der Waals surface area contributed by atoms with Crippen LogP contribution in [0.2, 0.25) is 0 Å². The predicted molar refractivity (Wildman–Crippen MR) is 83.9 cm³/mol. The third-order valence-corrected chi connectivity index (χ3v) is 5.14. The van der Waals surface area contributed by atoms with Crippen LogP contribution in [0.25, 0.3) is 0 Å². The molecule has 2 unspecified atom stereocenters. The van der Waals surface area contributed by atoms with E-state index >= 15 is 0 Å². The van der Waals surface area contributed by atoms with Crippen LogP contribution in [0.4, 0.5) is 0 Å². The number of thiophene rings is 1. The van der Waals surface area contributed by atoms with Gasteiger partial charge in [0.15, 0.2) is 5.17 Å². The molecule has 0 saturated carbocycles. The summed E-state index contributed by atoms with van der Waals surface area (Å²) in [5, 5.41) is 4.67. The minimum atomic E-state index is 0.459. The van der Waals surface area contributed by atoms with Gasteiger partial charge in [0.1, 0.15) is 0 Å². The van der Waals surface area contributed by atoms with Crippen LogP contribution < -0.4 is 5.32 Å². The van der Waals surface area contributed by atoms with Gasteiger partial charge in [0, 0.05) is 28.0 Å². The lowest BCUT2D eigenvalue weighted by molar-refractivity contribution is 0.540. The molecule has 1 aliphatic heterocycles. The molecule has 1 aromatic heterocycles. The molecule has 4 heteroatoms. The molecule has 0 fully saturated rings. The first-order valence-corrected chi connectivity index (χ1v) is 8.37. The van der Waals surface area contributed by atoms with Gasteiger partial charge in [-0.25, -0.2) is 0 Å². The van der Waals surface area contributed by atoms with Gasteiger partial charge >= 0.3 is 0 Å². The maximum absolute atomic E-state index is 4.75. The number of rotatable bonds is 4. The molecule has 2 rings (SSSR count). The number of aliphatic imine (C=N–C) groups is 1. The minimum Gasteiger partial charge on any atom is -0.362 e. The molecule has 100 valence electrons. The van der Waals surface area contributed by atoms with Crippen molar-refractivity contribution in [3.8, 4) is 0 Å². The normalized spacial score (nSPS) is 21.2. The van der Waals surface area contributed by atoms with Crippen molar-refractivity contribution in [1.82, 2.24) is 5.32 Å². The zero-order valence-corrected chi connectivity index (χ0v) is 13.2. The molecule has 1 N–H and O–H groups in total. The van der Waals surface area contributed by atoms with Gasteiger partial charge in [-0.05, 0) is 31.9 Å². The molecule has 2 atom stereocenters. The molecule has 2 nitrogen and oxygen atoms in total. The van der Waals surface area contributed by atoms with Crippen LogP contribution in [-0.4, -0.2) is 23.0 Å². The highest BCUT2D eigenvalue weighted by Gasteiger charge is 2.21. The molecule has 0 aliphatic carbocycles. The highest BCUT2D eigenvalue weighted by Crippen LogP contribution is 2.23. The maximum atomic E-state index is 4.75. The molecule has 0 saturated heterocycles. The number of amidine groups is 1. The maximum Gasteiger partial charge on any atom is 0.157 e. The minimum absolute atomic E-state index is 0.459. The van der Waals surface area contributed by atoms with E-state index in [1.807, 2.05) is 23.1 Å². The zero-order valence-electron chi connectivity index (χ0n) is 11.6. The van der Waals surface area contributed by atoms with Crippen molar-refractivity contribution in [3.05, 3.63) is 21.9 Å².